The van der Waals surface area contributed by atoms with Crippen molar-refractivity contribution in [2.24, 2.45) is 0 Å². The normalized spacial score (nSPS) is 20.2. The van der Waals surface area contributed by atoms with Crippen molar-refractivity contribution in [1.82, 2.24) is 14.9 Å². The lowest BCUT2D eigenvalue weighted by molar-refractivity contribution is -0.132. The van der Waals surface area contributed by atoms with Crippen LogP contribution in [-0.2, 0) is 20.7 Å². The molecule has 2 saturated heterocycles. The molecule has 0 radical (unpaired) electrons. The summed E-state index contributed by atoms with van der Waals surface area (Å²) < 4.78 is 11.7. The summed E-state index contributed by atoms with van der Waals surface area (Å²) in [6, 6.07) is 0. The van der Waals surface area contributed by atoms with Gasteiger partial charge in [0.1, 0.15) is 0 Å². The number of aromatic nitrogens is 2. The molecule has 1 aromatic heterocycles. The number of hydrogen-bond acceptors (Lipinski definition) is 6. The average Bonchev–Trinajstić information content (AvgIpc) is 2.82. The Kier molecular flexibility index (Phi) is 6.65. The molecule has 0 unspecified atom stereocenters. The summed E-state index contributed by atoms with van der Waals surface area (Å²) in [6.07, 6.45) is 5.05. The van der Waals surface area contributed by atoms with Crippen molar-refractivity contribution in [1.29, 1.82) is 0 Å². The smallest absolute Gasteiger partial charge is 0.225 e. The minimum atomic E-state index is -0.257. The van der Waals surface area contributed by atoms with Crippen LogP contribution in [-0.4, -0.2) is 72.4 Å². The van der Waals surface area contributed by atoms with Gasteiger partial charge in [-0.3, -0.25) is 4.79 Å². The molecule has 0 atom stereocenters. The molecule has 1 amide bonds. The first kappa shape index (κ1) is 20.0. The molecule has 7 nitrogen and oxygen atoms in total. The molecule has 0 bridgehead atoms. The number of amides is 1. The molecule has 27 heavy (non-hydrogen) atoms. The fraction of sp³-hybridized carbons (Fsp3) is 0.750. The maximum atomic E-state index is 12.4. The predicted octanol–water partition coefficient (Wildman–Crippen LogP) is 1.97. The SMILES string of the molecule is CCOCCN1CC2(CCN(c3ncc(C)c(CC)n3)CC2)OCCC1=O. The van der Waals surface area contributed by atoms with Gasteiger partial charge in [-0.15, -0.1) is 0 Å². The minimum absolute atomic E-state index is 0.170. The highest BCUT2D eigenvalue weighted by atomic mass is 16.5. The summed E-state index contributed by atoms with van der Waals surface area (Å²) in [4.78, 5) is 25.8. The molecule has 3 heterocycles. The molecule has 2 aliphatic rings. The first-order valence-corrected chi connectivity index (χ1v) is 10.1. The molecule has 0 saturated carbocycles. The number of carbonyl (C=O) groups is 1. The second kappa shape index (κ2) is 8.97. The first-order chi connectivity index (χ1) is 13.1. The Hall–Kier alpha value is -1.73. The molecule has 1 spiro atoms. The zero-order chi connectivity index (χ0) is 19.3. The van der Waals surface area contributed by atoms with Gasteiger partial charge >= 0.3 is 0 Å². The summed E-state index contributed by atoms with van der Waals surface area (Å²) in [5, 5.41) is 0. The fourth-order valence-electron chi connectivity index (χ4n) is 3.91. The van der Waals surface area contributed by atoms with Gasteiger partial charge in [-0.1, -0.05) is 6.92 Å². The maximum Gasteiger partial charge on any atom is 0.225 e. The van der Waals surface area contributed by atoms with Gasteiger partial charge in [0.05, 0.1) is 25.2 Å². The number of aryl methyl sites for hydroxylation is 2. The van der Waals surface area contributed by atoms with Crippen LogP contribution in [0.15, 0.2) is 6.20 Å². The highest BCUT2D eigenvalue weighted by molar-refractivity contribution is 5.76. The molecule has 0 N–H and O–H groups in total. The third-order valence-electron chi connectivity index (χ3n) is 5.62. The Bertz CT molecular complexity index is 644. The van der Waals surface area contributed by atoms with E-state index < -0.39 is 0 Å². The standard InChI is InChI=1S/C20H32N4O3/c1-4-17-16(3)14-21-19(22-17)23-9-7-20(8-10-23)15-24(11-13-26-5-2)18(25)6-12-27-20/h14H,4-13,15H2,1-3H3. The van der Waals surface area contributed by atoms with Gasteiger partial charge in [0, 0.05) is 44.7 Å². The van der Waals surface area contributed by atoms with E-state index >= 15 is 0 Å². The van der Waals surface area contributed by atoms with Gasteiger partial charge in [0.25, 0.3) is 0 Å². The lowest BCUT2D eigenvalue weighted by Gasteiger charge is -2.42. The highest BCUT2D eigenvalue weighted by Crippen LogP contribution is 2.31. The molecule has 3 rings (SSSR count). The van der Waals surface area contributed by atoms with Crippen molar-refractivity contribution in [2.75, 3.05) is 50.9 Å². The van der Waals surface area contributed by atoms with Crippen molar-refractivity contribution < 1.29 is 14.3 Å². The fourth-order valence-corrected chi connectivity index (χ4v) is 3.91. The van der Waals surface area contributed by atoms with E-state index in [1.54, 1.807) is 0 Å². The van der Waals surface area contributed by atoms with E-state index in [9.17, 15) is 4.79 Å². The average molecular weight is 377 g/mol. The zero-order valence-corrected chi connectivity index (χ0v) is 16.9. The summed E-state index contributed by atoms with van der Waals surface area (Å²) in [6.45, 7) is 10.9. The van der Waals surface area contributed by atoms with Crippen LogP contribution in [0.25, 0.3) is 0 Å². The Morgan fingerprint density at radius 3 is 2.78 bits per heavy atom. The van der Waals surface area contributed by atoms with Crippen molar-refractivity contribution >= 4 is 11.9 Å². The van der Waals surface area contributed by atoms with Gasteiger partial charge < -0.3 is 19.3 Å². The zero-order valence-electron chi connectivity index (χ0n) is 16.9. The molecule has 2 fully saturated rings. The van der Waals surface area contributed by atoms with E-state index in [0.29, 0.717) is 39.3 Å². The van der Waals surface area contributed by atoms with Crippen LogP contribution >= 0.6 is 0 Å². The number of carbonyl (C=O) groups excluding carboxylic acids is 1. The number of nitrogens with zero attached hydrogens (tertiary/aromatic N) is 4. The molecular weight excluding hydrogens is 344 g/mol. The Balaban J connectivity index is 1.64. The monoisotopic (exact) mass is 376 g/mol. The summed E-state index contributed by atoms with van der Waals surface area (Å²) >= 11 is 0. The van der Waals surface area contributed by atoms with Gasteiger partial charge in [-0.05, 0) is 38.7 Å². The quantitative estimate of drug-likeness (QED) is 0.707. The highest BCUT2D eigenvalue weighted by Gasteiger charge is 2.40. The van der Waals surface area contributed by atoms with Gasteiger partial charge in [0.2, 0.25) is 11.9 Å². The van der Waals surface area contributed by atoms with E-state index in [-0.39, 0.29) is 11.5 Å². The topological polar surface area (TPSA) is 67.8 Å². The largest absolute Gasteiger partial charge is 0.380 e. The lowest BCUT2D eigenvalue weighted by atomic mass is 9.90. The van der Waals surface area contributed by atoms with Crippen molar-refractivity contribution in [3.63, 3.8) is 0 Å². The van der Waals surface area contributed by atoms with E-state index in [0.717, 1.165) is 49.6 Å². The third-order valence-corrected chi connectivity index (χ3v) is 5.62. The lowest BCUT2D eigenvalue weighted by Crippen LogP contribution is -2.52. The second-order valence-corrected chi connectivity index (χ2v) is 7.43. The molecule has 150 valence electrons. The first-order valence-electron chi connectivity index (χ1n) is 10.1. The van der Waals surface area contributed by atoms with Crippen LogP contribution in [0.1, 0.15) is 44.4 Å². The number of ether oxygens (including phenoxy) is 2. The Morgan fingerprint density at radius 1 is 1.30 bits per heavy atom. The number of hydrogen-bond donors (Lipinski definition) is 0. The second-order valence-electron chi connectivity index (χ2n) is 7.43. The molecule has 7 heteroatoms. The van der Waals surface area contributed by atoms with Crippen LogP contribution in [0.3, 0.4) is 0 Å². The number of piperidine rings is 1. The van der Waals surface area contributed by atoms with Crippen molar-refractivity contribution in [2.45, 2.75) is 52.1 Å². The van der Waals surface area contributed by atoms with E-state index in [2.05, 4.69) is 23.7 Å². The molecule has 0 aromatic carbocycles. The maximum absolute atomic E-state index is 12.4. The number of rotatable bonds is 6. The van der Waals surface area contributed by atoms with E-state index in [1.165, 1.54) is 0 Å². The summed E-state index contributed by atoms with van der Waals surface area (Å²) in [5.74, 6) is 0.980. The molecule has 2 aliphatic heterocycles. The van der Waals surface area contributed by atoms with Crippen molar-refractivity contribution in [3.05, 3.63) is 17.5 Å². The third kappa shape index (κ3) is 4.76. The van der Waals surface area contributed by atoms with Crippen LogP contribution in [0.2, 0.25) is 0 Å². The minimum Gasteiger partial charge on any atom is -0.380 e. The van der Waals surface area contributed by atoms with Crippen LogP contribution in [0, 0.1) is 6.92 Å². The van der Waals surface area contributed by atoms with Crippen LogP contribution in [0.4, 0.5) is 5.95 Å². The van der Waals surface area contributed by atoms with Crippen molar-refractivity contribution in [3.8, 4) is 0 Å². The molecule has 1 aromatic rings. The van der Waals surface area contributed by atoms with Crippen LogP contribution in [0.5, 0.6) is 0 Å². The van der Waals surface area contributed by atoms with Crippen LogP contribution < -0.4 is 4.90 Å². The Labute approximate surface area is 162 Å². The summed E-state index contributed by atoms with van der Waals surface area (Å²) in [7, 11) is 0. The van der Waals surface area contributed by atoms with Gasteiger partial charge in [-0.2, -0.15) is 0 Å². The summed E-state index contributed by atoms with van der Waals surface area (Å²) in [5.41, 5.74) is 2.00. The molecule has 0 aliphatic carbocycles. The van der Waals surface area contributed by atoms with E-state index in [4.69, 9.17) is 14.5 Å². The van der Waals surface area contributed by atoms with E-state index in [1.807, 2.05) is 18.0 Å². The Morgan fingerprint density at radius 2 is 2.07 bits per heavy atom. The predicted molar refractivity (Wildman–Crippen MR) is 104 cm³/mol. The van der Waals surface area contributed by atoms with Gasteiger partial charge in [0.15, 0.2) is 0 Å². The molecular formula is C20H32N4O3. The number of anilines is 1. The van der Waals surface area contributed by atoms with Gasteiger partial charge in [-0.25, -0.2) is 9.97 Å².